The molecule has 2 aliphatic heterocycles. The van der Waals surface area contributed by atoms with Crippen LogP contribution < -0.4 is 9.67 Å². The van der Waals surface area contributed by atoms with Crippen molar-refractivity contribution in [2.24, 2.45) is 5.92 Å². The highest BCUT2D eigenvalue weighted by atomic mass is 32.2. The van der Waals surface area contributed by atoms with E-state index in [4.69, 9.17) is 0 Å². The molecule has 4 atom stereocenters. The summed E-state index contributed by atoms with van der Waals surface area (Å²) >= 11 is 2.74. The average Bonchev–Trinajstić information content (AvgIpc) is 2.87. The van der Waals surface area contributed by atoms with Crippen molar-refractivity contribution < 1.29 is 24.4 Å². The van der Waals surface area contributed by atoms with Crippen molar-refractivity contribution in [3.8, 4) is 0 Å². The van der Waals surface area contributed by atoms with Crippen LogP contribution in [0, 0.1) is 5.92 Å². The largest absolute Gasteiger partial charge is 0.543 e. The molecule has 3 rings (SSSR count). The van der Waals surface area contributed by atoms with Crippen molar-refractivity contribution in [3.63, 3.8) is 0 Å². The summed E-state index contributed by atoms with van der Waals surface area (Å²) < 4.78 is 2.63. The number of amides is 1. The number of thioether (sulfide) groups is 2. The lowest BCUT2D eigenvalue weighted by atomic mass is 9.92. The first-order chi connectivity index (χ1) is 11.4. The lowest BCUT2D eigenvalue weighted by molar-refractivity contribution is -0.715. The van der Waals surface area contributed by atoms with Gasteiger partial charge < -0.3 is 15.0 Å². The first kappa shape index (κ1) is 17.3. The summed E-state index contributed by atoms with van der Waals surface area (Å²) in [6, 6.07) is 5.99. The van der Waals surface area contributed by atoms with Gasteiger partial charge in [-0.2, -0.15) is 0 Å². The predicted molar refractivity (Wildman–Crippen MR) is 89.2 cm³/mol. The number of hydrogen-bond donors (Lipinski definition) is 1. The fourth-order valence-corrected chi connectivity index (χ4v) is 5.80. The molecule has 1 aromatic heterocycles. The van der Waals surface area contributed by atoms with Gasteiger partial charge in [-0.1, -0.05) is 17.8 Å². The van der Waals surface area contributed by atoms with E-state index in [2.05, 4.69) is 0 Å². The van der Waals surface area contributed by atoms with E-state index in [1.807, 2.05) is 42.1 Å². The summed E-state index contributed by atoms with van der Waals surface area (Å²) in [6.07, 6.45) is 3.13. The quantitative estimate of drug-likeness (QED) is 0.568. The standard InChI is InChI=1S/C16H18N2O4S2/c1-9(17-6-4-3-5-7-17)8-23-16-12(15(21)22)18-13(20)11(10(2)19)14(18)24-16/h3-7,9-11,14,19H,8H2,1-2H3/t9?,10-,11+,14-/m1/s1. The number of aliphatic carboxylic acids is 1. The van der Waals surface area contributed by atoms with Crippen LogP contribution in [0.2, 0.25) is 0 Å². The Morgan fingerprint density at radius 3 is 2.67 bits per heavy atom. The van der Waals surface area contributed by atoms with Crippen molar-refractivity contribution >= 4 is 35.4 Å². The molecule has 128 valence electrons. The zero-order valence-electron chi connectivity index (χ0n) is 13.3. The molecule has 0 radical (unpaired) electrons. The SMILES string of the molecule is CC(CSC1=C(C(=O)[O-])N2C(=O)[C@H]([C@@H](C)O)[C@H]2S1)[n+]1ccccc1. The number of fused-ring (bicyclic) bond motifs is 1. The zero-order chi connectivity index (χ0) is 17.4. The monoisotopic (exact) mass is 366 g/mol. The molecule has 1 unspecified atom stereocenters. The van der Waals surface area contributed by atoms with Crippen molar-refractivity contribution in [1.29, 1.82) is 0 Å². The van der Waals surface area contributed by atoms with Gasteiger partial charge in [0.25, 0.3) is 0 Å². The molecule has 1 amide bonds. The maximum absolute atomic E-state index is 12.1. The number of β-lactam (4-membered cyclic amide) rings is 1. The number of carbonyl (C=O) groups is 2. The second-order valence-electron chi connectivity index (χ2n) is 5.89. The third kappa shape index (κ3) is 2.94. The Labute approximate surface area is 148 Å². The Balaban J connectivity index is 1.73. The fraction of sp³-hybridized carbons (Fsp3) is 0.438. The zero-order valence-corrected chi connectivity index (χ0v) is 14.9. The summed E-state index contributed by atoms with van der Waals surface area (Å²) in [5.41, 5.74) is -0.0536. The van der Waals surface area contributed by atoms with Crippen LogP contribution in [0.4, 0.5) is 0 Å². The van der Waals surface area contributed by atoms with Crippen LogP contribution in [0.1, 0.15) is 19.9 Å². The first-order valence-electron chi connectivity index (χ1n) is 7.63. The predicted octanol–water partition coefficient (Wildman–Crippen LogP) is 0.0994. The number of pyridine rings is 1. The van der Waals surface area contributed by atoms with Crippen molar-refractivity contribution in [2.75, 3.05) is 5.75 Å². The van der Waals surface area contributed by atoms with Crippen molar-refractivity contribution in [2.45, 2.75) is 31.4 Å². The third-order valence-electron chi connectivity index (χ3n) is 4.16. The minimum atomic E-state index is -1.34. The maximum atomic E-state index is 12.1. The summed E-state index contributed by atoms with van der Waals surface area (Å²) in [5, 5.41) is 20.9. The molecule has 1 fully saturated rings. The number of aliphatic hydroxyl groups is 1. The Morgan fingerprint density at radius 1 is 1.42 bits per heavy atom. The molecule has 6 nitrogen and oxygen atoms in total. The number of carboxylic acids is 1. The van der Waals surface area contributed by atoms with Gasteiger partial charge in [-0.15, -0.1) is 11.8 Å². The van der Waals surface area contributed by atoms with Gasteiger partial charge in [-0.05, 0) is 13.8 Å². The number of aromatic nitrogens is 1. The summed E-state index contributed by atoms with van der Waals surface area (Å²) in [5.74, 6) is -1.57. The normalized spacial score (nSPS) is 25.3. The van der Waals surface area contributed by atoms with Gasteiger partial charge in [0.2, 0.25) is 5.91 Å². The molecule has 1 saturated heterocycles. The van der Waals surface area contributed by atoms with Crippen LogP contribution in [0.15, 0.2) is 40.5 Å². The molecule has 1 aromatic rings. The minimum absolute atomic E-state index is 0.0536. The molecule has 3 heterocycles. The molecule has 0 bridgehead atoms. The molecule has 0 saturated carbocycles. The smallest absolute Gasteiger partial charge is 0.236 e. The van der Waals surface area contributed by atoms with E-state index < -0.39 is 18.0 Å². The molecule has 0 aromatic carbocycles. The lowest BCUT2D eigenvalue weighted by Crippen LogP contribution is -2.61. The second-order valence-corrected chi connectivity index (χ2v) is 8.30. The Bertz CT molecular complexity index is 693. The van der Waals surface area contributed by atoms with E-state index in [0.29, 0.717) is 9.99 Å². The second kappa shape index (κ2) is 6.78. The van der Waals surface area contributed by atoms with Crippen molar-refractivity contribution in [1.82, 2.24) is 4.90 Å². The van der Waals surface area contributed by atoms with Gasteiger partial charge in [0.05, 0.1) is 33.7 Å². The van der Waals surface area contributed by atoms with E-state index in [-0.39, 0.29) is 23.0 Å². The topological polar surface area (TPSA) is 84.5 Å². The summed E-state index contributed by atoms with van der Waals surface area (Å²) in [7, 11) is 0. The Hall–Kier alpha value is -1.51. The van der Waals surface area contributed by atoms with Crippen LogP contribution >= 0.6 is 23.5 Å². The average molecular weight is 366 g/mol. The molecule has 2 aliphatic rings. The van der Waals surface area contributed by atoms with Crippen LogP contribution in [0.25, 0.3) is 0 Å². The highest BCUT2D eigenvalue weighted by Gasteiger charge is 2.56. The van der Waals surface area contributed by atoms with Gasteiger partial charge in [-0.3, -0.25) is 9.69 Å². The molecular formula is C16H18N2O4S2. The number of carbonyl (C=O) groups excluding carboxylic acids is 2. The van der Waals surface area contributed by atoms with Crippen LogP contribution in [0.5, 0.6) is 0 Å². The summed E-state index contributed by atoms with van der Waals surface area (Å²) in [4.78, 5) is 24.9. The van der Waals surface area contributed by atoms with E-state index in [1.165, 1.54) is 28.4 Å². The molecule has 0 spiro atoms. The Morgan fingerprint density at radius 2 is 2.08 bits per heavy atom. The third-order valence-corrected chi connectivity index (χ3v) is 7.06. The Kier molecular flexibility index (Phi) is 4.89. The van der Waals surface area contributed by atoms with Crippen LogP contribution in [-0.4, -0.2) is 39.1 Å². The molecule has 8 heteroatoms. The number of carboxylic acid groups (broad SMARTS) is 1. The van der Waals surface area contributed by atoms with Crippen molar-refractivity contribution in [3.05, 3.63) is 40.5 Å². The maximum Gasteiger partial charge on any atom is 0.236 e. The van der Waals surface area contributed by atoms with Gasteiger partial charge in [0.1, 0.15) is 5.37 Å². The first-order valence-corrected chi connectivity index (χ1v) is 9.50. The van der Waals surface area contributed by atoms with E-state index in [0.717, 1.165) is 0 Å². The highest BCUT2D eigenvalue weighted by Crippen LogP contribution is 2.53. The van der Waals surface area contributed by atoms with Gasteiger partial charge in [0.15, 0.2) is 18.4 Å². The van der Waals surface area contributed by atoms with E-state index >= 15 is 0 Å². The van der Waals surface area contributed by atoms with E-state index in [1.54, 1.807) is 6.92 Å². The van der Waals surface area contributed by atoms with Gasteiger partial charge >= 0.3 is 0 Å². The summed E-state index contributed by atoms with van der Waals surface area (Å²) in [6.45, 7) is 3.60. The molecule has 0 aliphatic carbocycles. The number of rotatable bonds is 6. The molecular weight excluding hydrogens is 348 g/mol. The molecule has 1 N–H and O–H groups in total. The van der Waals surface area contributed by atoms with Gasteiger partial charge in [0, 0.05) is 12.1 Å². The lowest BCUT2D eigenvalue weighted by Gasteiger charge is -2.44. The fourth-order valence-electron chi connectivity index (χ4n) is 2.83. The molecule has 24 heavy (non-hydrogen) atoms. The van der Waals surface area contributed by atoms with Gasteiger partial charge in [-0.25, -0.2) is 4.57 Å². The van der Waals surface area contributed by atoms with Crippen LogP contribution in [-0.2, 0) is 9.59 Å². The number of hydrogen-bond acceptors (Lipinski definition) is 6. The minimum Gasteiger partial charge on any atom is -0.543 e. The van der Waals surface area contributed by atoms with E-state index in [9.17, 15) is 19.8 Å². The number of aliphatic hydroxyl groups excluding tert-OH is 1. The highest BCUT2D eigenvalue weighted by molar-refractivity contribution is 8.22. The van der Waals surface area contributed by atoms with Crippen LogP contribution in [0.3, 0.4) is 0 Å². The number of nitrogens with zero attached hydrogens (tertiary/aromatic N) is 2.